The number of hydrogen-bond acceptors (Lipinski definition) is 4. The summed E-state index contributed by atoms with van der Waals surface area (Å²) in [6.07, 6.45) is 2.01. The lowest BCUT2D eigenvalue weighted by atomic mass is 9.74. The minimum Gasteiger partial charge on any atom is -0.478 e. The highest BCUT2D eigenvalue weighted by Gasteiger charge is 2.36. The number of nitrogens with one attached hydrogen (secondary N) is 1. The number of carboxylic acids is 1. The Balaban J connectivity index is 1.87. The summed E-state index contributed by atoms with van der Waals surface area (Å²) in [5, 5.41) is 12.2. The van der Waals surface area contributed by atoms with Crippen LogP contribution in [0.25, 0.3) is 0 Å². The van der Waals surface area contributed by atoms with Crippen molar-refractivity contribution in [2.45, 2.75) is 53.0 Å². The van der Waals surface area contributed by atoms with E-state index in [1.165, 1.54) is 6.07 Å². The molecule has 134 valence electrons. The second-order valence-corrected chi connectivity index (χ2v) is 7.41. The number of amides is 1. The maximum absolute atomic E-state index is 12.6. The second-order valence-electron chi connectivity index (χ2n) is 7.41. The highest BCUT2D eigenvalue weighted by molar-refractivity contribution is 5.96. The maximum atomic E-state index is 12.6. The summed E-state index contributed by atoms with van der Waals surface area (Å²) < 4.78 is 11.2. The molecular weight excluding hydrogens is 322 g/mol. The lowest BCUT2D eigenvalue weighted by molar-refractivity contribution is 0.0694. The fourth-order valence-corrected chi connectivity index (χ4v) is 3.53. The Bertz CT molecular complexity index is 827. The topological polar surface area (TPSA) is 92.7 Å². The van der Waals surface area contributed by atoms with E-state index < -0.39 is 11.9 Å². The SMILES string of the molecule is CCc1oc(C(=O)NC2CC(C)(C)Cc3oc(C)cc32)cc1C(=O)O. The number of aromatic carboxylic acids is 1. The van der Waals surface area contributed by atoms with E-state index in [0.717, 1.165) is 29.9 Å². The van der Waals surface area contributed by atoms with Gasteiger partial charge in [-0.25, -0.2) is 4.79 Å². The van der Waals surface area contributed by atoms with E-state index in [1.54, 1.807) is 6.92 Å². The van der Waals surface area contributed by atoms with Crippen molar-refractivity contribution >= 4 is 11.9 Å². The third-order valence-electron chi connectivity index (χ3n) is 4.63. The van der Waals surface area contributed by atoms with Crippen molar-refractivity contribution in [3.63, 3.8) is 0 Å². The molecule has 1 amide bonds. The third kappa shape index (κ3) is 3.34. The van der Waals surface area contributed by atoms with Crippen LogP contribution in [0.15, 0.2) is 21.0 Å². The van der Waals surface area contributed by atoms with Gasteiger partial charge in [0.25, 0.3) is 5.91 Å². The fraction of sp³-hybridized carbons (Fsp3) is 0.474. The van der Waals surface area contributed by atoms with E-state index in [0.29, 0.717) is 12.2 Å². The predicted molar refractivity (Wildman–Crippen MR) is 90.8 cm³/mol. The molecule has 0 saturated carbocycles. The molecule has 25 heavy (non-hydrogen) atoms. The molecule has 1 aliphatic carbocycles. The van der Waals surface area contributed by atoms with Crippen molar-refractivity contribution in [1.29, 1.82) is 0 Å². The van der Waals surface area contributed by atoms with E-state index in [4.69, 9.17) is 8.83 Å². The molecule has 0 bridgehead atoms. The van der Waals surface area contributed by atoms with Gasteiger partial charge in [-0.1, -0.05) is 20.8 Å². The Morgan fingerprint density at radius 1 is 1.32 bits per heavy atom. The Morgan fingerprint density at radius 2 is 2.04 bits per heavy atom. The molecule has 2 heterocycles. The first-order valence-electron chi connectivity index (χ1n) is 8.46. The molecule has 6 heteroatoms. The maximum Gasteiger partial charge on any atom is 0.339 e. The largest absolute Gasteiger partial charge is 0.478 e. The van der Waals surface area contributed by atoms with Crippen molar-refractivity contribution in [2.24, 2.45) is 5.41 Å². The highest BCUT2D eigenvalue weighted by atomic mass is 16.4. The van der Waals surface area contributed by atoms with Crippen LogP contribution in [0.1, 0.15) is 77.0 Å². The van der Waals surface area contributed by atoms with Crippen LogP contribution in [0, 0.1) is 12.3 Å². The van der Waals surface area contributed by atoms with Crippen molar-refractivity contribution in [2.75, 3.05) is 0 Å². The summed E-state index contributed by atoms with van der Waals surface area (Å²) in [6.45, 7) is 7.95. The van der Waals surface area contributed by atoms with E-state index >= 15 is 0 Å². The van der Waals surface area contributed by atoms with Gasteiger partial charge < -0.3 is 19.3 Å². The van der Waals surface area contributed by atoms with Crippen LogP contribution in [0.4, 0.5) is 0 Å². The van der Waals surface area contributed by atoms with Crippen molar-refractivity contribution in [3.8, 4) is 0 Å². The Morgan fingerprint density at radius 3 is 2.64 bits per heavy atom. The van der Waals surface area contributed by atoms with Gasteiger partial charge in [0.05, 0.1) is 6.04 Å². The second kappa shape index (κ2) is 6.10. The van der Waals surface area contributed by atoms with Crippen LogP contribution in [0.2, 0.25) is 0 Å². The number of rotatable bonds is 4. The van der Waals surface area contributed by atoms with E-state index in [2.05, 4.69) is 19.2 Å². The monoisotopic (exact) mass is 345 g/mol. The van der Waals surface area contributed by atoms with Crippen LogP contribution in [-0.2, 0) is 12.8 Å². The van der Waals surface area contributed by atoms with Crippen molar-refractivity contribution in [1.82, 2.24) is 5.32 Å². The lowest BCUT2D eigenvalue weighted by Gasteiger charge is -2.34. The Kier molecular flexibility index (Phi) is 4.22. The van der Waals surface area contributed by atoms with Crippen LogP contribution in [0.3, 0.4) is 0 Å². The molecule has 2 aromatic heterocycles. The summed E-state index contributed by atoms with van der Waals surface area (Å²) in [6, 6.07) is 3.07. The number of carbonyl (C=O) groups is 2. The highest BCUT2D eigenvalue weighted by Crippen LogP contribution is 2.42. The molecular formula is C19H23NO5. The van der Waals surface area contributed by atoms with Crippen molar-refractivity contribution < 1.29 is 23.5 Å². The molecule has 2 N–H and O–H groups in total. The van der Waals surface area contributed by atoms with E-state index in [9.17, 15) is 14.7 Å². The van der Waals surface area contributed by atoms with Gasteiger partial charge in [0.2, 0.25) is 0 Å². The van der Waals surface area contributed by atoms with Crippen LogP contribution in [0.5, 0.6) is 0 Å². The molecule has 0 fully saturated rings. The van der Waals surface area contributed by atoms with E-state index in [1.807, 2.05) is 13.0 Å². The molecule has 1 atom stereocenters. The lowest BCUT2D eigenvalue weighted by Crippen LogP contribution is -2.35. The average molecular weight is 345 g/mol. The van der Waals surface area contributed by atoms with Gasteiger partial charge in [-0.2, -0.15) is 0 Å². The summed E-state index contributed by atoms with van der Waals surface area (Å²) in [7, 11) is 0. The zero-order valence-corrected chi connectivity index (χ0v) is 14.9. The average Bonchev–Trinajstić information content (AvgIpc) is 3.09. The molecule has 2 aromatic rings. The molecule has 0 aromatic carbocycles. The summed E-state index contributed by atoms with van der Waals surface area (Å²) in [5.41, 5.74) is 1.03. The van der Waals surface area contributed by atoms with Gasteiger partial charge in [-0.3, -0.25) is 4.79 Å². The van der Waals surface area contributed by atoms with Gasteiger partial charge in [0, 0.05) is 24.5 Å². The van der Waals surface area contributed by atoms with Crippen molar-refractivity contribution in [3.05, 3.63) is 46.3 Å². The summed E-state index contributed by atoms with van der Waals surface area (Å²) in [5.74, 6) is 0.558. The van der Waals surface area contributed by atoms with Gasteiger partial charge in [-0.05, 0) is 24.8 Å². The Labute approximate surface area is 146 Å². The molecule has 1 aliphatic rings. The van der Waals surface area contributed by atoms with Gasteiger partial charge in [0.15, 0.2) is 5.76 Å². The van der Waals surface area contributed by atoms with Gasteiger partial charge in [0.1, 0.15) is 22.8 Å². The third-order valence-corrected chi connectivity index (χ3v) is 4.63. The first-order chi connectivity index (χ1) is 11.7. The predicted octanol–water partition coefficient (Wildman–Crippen LogP) is 3.89. The van der Waals surface area contributed by atoms with Crippen LogP contribution >= 0.6 is 0 Å². The number of fused-ring (bicyclic) bond motifs is 1. The molecule has 3 rings (SSSR count). The number of carbonyl (C=O) groups excluding carboxylic acids is 1. The molecule has 0 aliphatic heterocycles. The number of furan rings is 2. The standard InChI is InChI=1S/C19H23NO5/c1-5-14-12(18(22)23)7-15(25-14)17(21)20-13-8-19(3,4)9-16-11(13)6-10(2)24-16/h6-7,13H,5,8-9H2,1-4H3,(H,20,21)(H,22,23). The fourth-order valence-electron chi connectivity index (χ4n) is 3.53. The number of hydrogen-bond donors (Lipinski definition) is 2. The van der Waals surface area contributed by atoms with Crippen LogP contribution < -0.4 is 5.32 Å². The minimum atomic E-state index is -1.09. The minimum absolute atomic E-state index is 0.000786. The zero-order chi connectivity index (χ0) is 18.4. The summed E-state index contributed by atoms with van der Waals surface area (Å²) >= 11 is 0. The zero-order valence-electron chi connectivity index (χ0n) is 14.9. The first-order valence-corrected chi connectivity index (χ1v) is 8.46. The van der Waals surface area contributed by atoms with Gasteiger partial charge in [-0.15, -0.1) is 0 Å². The van der Waals surface area contributed by atoms with Crippen LogP contribution in [-0.4, -0.2) is 17.0 Å². The Hall–Kier alpha value is -2.50. The van der Waals surface area contributed by atoms with Gasteiger partial charge >= 0.3 is 5.97 Å². The number of aryl methyl sites for hydroxylation is 2. The molecule has 0 spiro atoms. The van der Waals surface area contributed by atoms with E-state index in [-0.39, 0.29) is 22.8 Å². The smallest absolute Gasteiger partial charge is 0.339 e. The first kappa shape index (κ1) is 17.3. The molecule has 1 unspecified atom stereocenters. The normalized spacial score (nSPS) is 18.6. The molecule has 0 radical (unpaired) electrons. The summed E-state index contributed by atoms with van der Waals surface area (Å²) in [4.78, 5) is 23.9. The molecule has 0 saturated heterocycles. The number of carboxylic acid groups (broad SMARTS) is 1. The molecule has 6 nitrogen and oxygen atoms in total. The quantitative estimate of drug-likeness (QED) is 0.877.